The lowest BCUT2D eigenvalue weighted by atomic mass is 10.3. The molecule has 1 aromatic heterocycles. The summed E-state index contributed by atoms with van der Waals surface area (Å²) in [6, 6.07) is 3.55. The molecule has 1 saturated carbocycles. The molecule has 70 valence electrons. The van der Waals surface area contributed by atoms with E-state index in [2.05, 4.69) is 11.1 Å². The summed E-state index contributed by atoms with van der Waals surface area (Å²) < 4.78 is 5.70. The largest absolute Gasteiger partial charge is 0.461 e. The summed E-state index contributed by atoms with van der Waals surface area (Å²) >= 11 is 0. The van der Waals surface area contributed by atoms with Gasteiger partial charge >= 0.3 is 0 Å². The van der Waals surface area contributed by atoms with Gasteiger partial charge in [-0.15, -0.1) is 0 Å². The van der Waals surface area contributed by atoms with Gasteiger partial charge in [0.15, 0.2) is 0 Å². The van der Waals surface area contributed by atoms with Crippen molar-refractivity contribution in [2.75, 3.05) is 5.73 Å². The maximum Gasteiger partial charge on any atom is 0.132 e. The minimum absolute atomic E-state index is 0.491. The average Bonchev–Trinajstić information content (AvgIpc) is 2.84. The monoisotopic (exact) mass is 186 g/mol. The van der Waals surface area contributed by atoms with Gasteiger partial charge in [0.05, 0.1) is 0 Å². The molecule has 14 heavy (non-hydrogen) atoms. The van der Waals surface area contributed by atoms with Gasteiger partial charge in [0.2, 0.25) is 0 Å². The lowest BCUT2D eigenvalue weighted by Crippen LogP contribution is -1.97. The number of nitrogens with two attached hydrogens (primary N) is 1. The highest BCUT2D eigenvalue weighted by Crippen LogP contribution is 2.48. The number of nitrogen functional groups attached to an aromatic ring is 1. The number of allylic oxidation sites excluding steroid dienone is 3. The summed E-state index contributed by atoms with van der Waals surface area (Å²) in [5, 5.41) is 0. The van der Waals surface area contributed by atoms with Crippen LogP contribution >= 0.6 is 0 Å². The standard InChI is InChI=1S/C11H10N2O/c12-11-6-8(3-4-13-11)14-10-2-1-7-5-9(7)10/h1-4,6,9H,5H2,(H2,12,13). The smallest absolute Gasteiger partial charge is 0.132 e. The Morgan fingerprint density at radius 2 is 2.36 bits per heavy atom. The van der Waals surface area contributed by atoms with E-state index in [1.54, 1.807) is 12.3 Å². The van der Waals surface area contributed by atoms with Gasteiger partial charge in [-0.1, -0.05) is 11.6 Å². The van der Waals surface area contributed by atoms with E-state index in [0.717, 1.165) is 17.9 Å². The van der Waals surface area contributed by atoms with Crippen LogP contribution in [0.25, 0.3) is 0 Å². The van der Waals surface area contributed by atoms with Crippen LogP contribution in [-0.4, -0.2) is 4.98 Å². The van der Waals surface area contributed by atoms with E-state index < -0.39 is 0 Å². The molecule has 0 aliphatic heterocycles. The zero-order valence-corrected chi connectivity index (χ0v) is 7.60. The fraction of sp³-hybridized carbons (Fsp3) is 0.182. The van der Waals surface area contributed by atoms with Crippen molar-refractivity contribution in [2.45, 2.75) is 6.42 Å². The molecule has 3 nitrogen and oxygen atoms in total. The first-order valence-corrected chi connectivity index (χ1v) is 4.63. The van der Waals surface area contributed by atoms with Gasteiger partial charge in [-0.3, -0.25) is 0 Å². The Balaban J connectivity index is 1.79. The highest BCUT2D eigenvalue weighted by molar-refractivity contribution is 5.45. The minimum atomic E-state index is 0.491. The van der Waals surface area contributed by atoms with E-state index in [0.29, 0.717) is 11.7 Å². The number of pyridine rings is 1. The van der Waals surface area contributed by atoms with Gasteiger partial charge in [0.1, 0.15) is 17.3 Å². The number of nitrogens with zero attached hydrogens (tertiary/aromatic N) is 1. The normalized spacial score (nSPS) is 22.4. The average molecular weight is 186 g/mol. The van der Waals surface area contributed by atoms with Crippen LogP contribution in [0.2, 0.25) is 0 Å². The molecular weight excluding hydrogens is 176 g/mol. The predicted octanol–water partition coefficient (Wildman–Crippen LogP) is 1.89. The quantitative estimate of drug-likeness (QED) is 0.767. The summed E-state index contributed by atoms with van der Waals surface area (Å²) in [6.07, 6.45) is 6.97. The molecule has 0 aromatic carbocycles. The summed E-state index contributed by atoms with van der Waals surface area (Å²) in [4.78, 5) is 3.91. The van der Waals surface area contributed by atoms with E-state index in [-0.39, 0.29) is 0 Å². The van der Waals surface area contributed by atoms with Gasteiger partial charge in [-0.2, -0.15) is 0 Å². The van der Waals surface area contributed by atoms with Crippen LogP contribution in [0, 0.1) is 5.92 Å². The van der Waals surface area contributed by atoms with E-state index >= 15 is 0 Å². The molecule has 2 aliphatic rings. The van der Waals surface area contributed by atoms with E-state index in [1.165, 1.54) is 5.57 Å². The number of aromatic nitrogens is 1. The zero-order chi connectivity index (χ0) is 9.54. The molecule has 0 amide bonds. The fourth-order valence-corrected chi connectivity index (χ4v) is 1.68. The summed E-state index contributed by atoms with van der Waals surface area (Å²) in [5.41, 5.74) is 7.03. The van der Waals surface area contributed by atoms with Crippen molar-refractivity contribution < 1.29 is 4.74 Å². The van der Waals surface area contributed by atoms with Crippen LogP contribution in [0.4, 0.5) is 5.82 Å². The van der Waals surface area contributed by atoms with E-state index in [4.69, 9.17) is 10.5 Å². The van der Waals surface area contributed by atoms with E-state index in [1.807, 2.05) is 12.1 Å². The van der Waals surface area contributed by atoms with Gasteiger partial charge in [-0.05, 0) is 18.6 Å². The van der Waals surface area contributed by atoms with Crippen molar-refractivity contribution in [1.82, 2.24) is 4.98 Å². The third-order valence-corrected chi connectivity index (χ3v) is 2.52. The summed E-state index contributed by atoms with van der Waals surface area (Å²) in [7, 11) is 0. The Labute approximate surface area is 81.9 Å². The molecule has 0 saturated heterocycles. The molecule has 1 heterocycles. The summed E-state index contributed by atoms with van der Waals surface area (Å²) in [5.74, 6) is 2.84. The van der Waals surface area contributed by atoms with Crippen LogP contribution in [-0.2, 0) is 0 Å². The van der Waals surface area contributed by atoms with Crippen molar-refractivity contribution >= 4 is 5.82 Å². The number of rotatable bonds is 2. The zero-order valence-electron chi connectivity index (χ0n) is 7.60. The summed E-state index contributed by atoms with van der Waals surface area (Å²) in [6.45, 7) is 0. The first kappa shape index (κ1) is 7.62. The second-order valence-electron chi connectivity index (χ2n) is 3.59. The maximum absolute atomic E-state index is 5.70. The predicted molar refractivity (Wildman–Crippen MR) is 53.6 cm³/mol. The van der Waals surface area contributed by atoms with Crippen molar-refractivity contribution in [3.8, 4) is 5.75 Å². The van der Waals surface area contributed by atoms with Crippen LogP contribution in [0.15, 0.2) is 41.8 Å². The van der Waals surface area contributed by atoms with Crippen molar-refractivity contribution in [3.05, 3.63) is 41.8 Å². The maximum atomic E-state index is 5.70. The van der Waals surface area contributed by atoms with Crippen LogP contribution in [0.1, 0.15) is 6.42 Å². The Bertz CT molecular complexity index is 448. The van der Waals surface area contributed by atoms with Gasteiger partial charge in [-0.25, -0.2) is 4.98 Å². The number of anilines is 1. The van der Waals surface area contributed by atoms with Crippen molar-refractivity contribution in [2.24, 2.45) is 5.92 Å². The molecule has 0 spiro atoms. The molecule has 1 unspecified atom stereocenters. The van der Waals surface area contributed by atoms with Crippen LogP contribution in [0.3, 0.4) is 0 Å². The number of fused-ring (bicyclic) bond motifs is 1. The Hall–Kier alpha value is -1.77. The molecule has 3 rings (SSSR count). The third kappa shape index (κ3) is 1.18. The number of ether oxygens (including phenoxy) is 1. The fourth-order valence-electron chi connectivity index (χ4n) is 1.68. The van der Waals surface area contributed by atoms with Crippen LogP contribution in [0.5, 0.6) is 5.75 Å². The molecular formula is C11H10N2O. The lowest BCUT2D eigenvalue weighted by Gasteiger charge is -2.06. The first-order chi connectivity index (χ1) is 6.83. The van der Waals surface area contributed by atoms with Crippen molar-refractivity contribution in [3.63, 3.8) is 0 Å². The number of hydrogen-bond acceptors (Lipinski definition) is 3. The van der Waals surface area contributed by atoms with Crippen molar-refractivity contribution in [1.29, 1.82) is 0 Å². The minimum Gasteiger partial charge on any atom is -0.461 e. The molecule has 2 aliphatic carbocycles. The SMILES string of the molecule is Nc1cc(OC2=CC=C3CC32)ccn1. The molecule has 1 atom stereocenters. The van der Waals surface area contributed by atoms with Gasteiger partial charge in [0.25, 0.3) is 0 Å². The Kier molecular flexibility index (Phi) is 1.42. The van der Waals surface area contributed by atoms with E-state index in [9.17, 15) is 0 Å². The Morgan fingerprint density at radius 1 is 1.43 bits per heavy atom. The molecule has 1 fully saturated rings. The number of hydrogen-bond donors (Lipinski definition) is 1. The molecule has 1 aromatic rings. The first-order valence-electron chi connectivity index (χ1n) is 4.63. The van der Waals surface area contributed by atoms with Gasteiger partial charge < -0.3 is 10.5 Å². The Morgan fingerprint density at radius 3 is 3.00 bits per heavy atom. The molecule has 2 N–H and O–H groups in total. The van der Waals surface area contributed by atoms with Crippen LogP contribution < -0.4 is 10.5 Å². The second kappa shape index (κ2) is 2.61. The third-order valence-electron chi connectivity index (χ3n) is 2.52. The second-order valence-corrected chi connectivity index (χ2v) is 3.59. The topological polar surface area (TPSA) is 48.1 Å². The highest BCUT2D eigenvalue weighted by Gasteiger charge is 2.37. The lowest BCUT2D eigenvalue weighted by molar-refractivity contribution is 0.401. The van der Waals surface area contributed by atoms with Gasteiger partial charge in [0, 0.05) is 18.2 Å². The molecule has 0 bridgehead atoms. The highest BCUT2D eigenvalue weighted by atomic mass is 16.5. The molecule has 3 heteroatoms. The molecule has 0 radical (unpaired) electrons.